The fourth-order valence-corrected chi connectivity index (χ4v) is 2.36. The molecule has 4 nitrogen and oxygen atoms in total. The highest BCUT2D eigenvalue weighted by Gasteiger charge is 2.09. The molecule has 0 fully saturated rings. The van der Waals surface area contributed by atoms with Crippen molar-refractivity contribution in [2.24, 2.45) is 0 Å². The summed E-state index contributed by atoms with van der Waals surface area (Å²) in [4.78, 5) is 0. The number of nitrogens with one attached hydrogen (secondary N) is 1. The van der Waals surface area contributed by atoms with Gasteiger partial charge in [0.05, 0.1) is 35.1 Å². The third-order valence-corrected chi connectivity index (χ3v) is 3.96. The number of nitrogens with zero attached hydrogens (tertiary/aromatic N) is 2. The minimum atomic E-state index is 0.471. The maximum atomic E-state index is 6.14. The summed E-state index contributed by atoms with van der Waals surface area (Å²) in [6.45, 7) is 1.80. The number of hydrogen-bond donors (Lipinski definition) is 1. The first-order valence-electron chi connectivity index (χ1n) is 5.99. The quantitative estimate of drug-likeness (QED) is 0.808. The minimum Gasteiger partial charge on any atom is -0.383 e. The van der Waals surface area contributed by atoms with Gasteiger partial charge in [-0.2, -0.15) is 5.10 Å². The summed E-state index contributed by atoms with van der Waals surface area (Å²) in [7, 11) is 1.66. The standard InChI is InChI=1S/C13H14Cl3N3O/c1-20-5-4-19-8-9(6-18-19)17-7-10-11(14)2-3-12(15)13(10)16/h2-3,6,8,17H,4-5,7H2,1H3. The molecule has 0 radical (unpaired) electrons. The number of hydrogen-bond acceptors (Lipinski definition) is 3. The van der Waals surface area contributed by atoms with Gasteiger partial charge in [0.2, 0.25) is 0 Å². The molecule has 7 heteroatoms. The van der Waals surface area contributed by atoms with Crippen LogP contribution in [0.1, 0.15) is 5.56 Å². The van der Waals surface area contributed by atoms with E-state index in [0.29, 0.717) is 34.8 Å². The van der Waals surface area contributed by atoms with Crippen LogP contribution in [-0.2, 0) is 17.8 Å². The first-order chi connectivity index (χ1) is 9.61. The van der Waals surface area contributed by atoms with Crippen molar-refractivity contribution in [1.29, 1.82) is 0 Å². The lowest BCUT2D eigenvalue weighted by Gasteiger charge is -2.09. The molecule has 0 aliphatic heterocycles. The molecule has 0 spiro atoms. The summed E-state index contributed by atoms with van der Waals surface area (Å²) in [5.41, 5.74) is 1.65. The Morgan fingerprint density at radius 1 is 1.25 bits per heavy atom. The van der Waals surface area contributed by atoms with Gasteiger partial charge in [0, 0.05) is 30.4 Å². The number of aromatic nitrogens is 2. The number of benzene rings is 1. The highest BCUT2D eigenvalue weighted by atomic mass is 35.5. The van der Waals surface area contributed by atoms with E-state index in [1.807, 2.05) is 6.20 Å². The number of anilines is 1. The number of halogens is 3. The molecule has 20 heavy (non-hydrogen) atoms. The molecule has 0 unspecified atom stereocenters. The van der Waals surface area contributed by atoms with Crippen LogP contribution in [0, 0.1) is 0 Å². The third-order valence-electron chi connectivity index (χ3n) is 2.77. The Bertz CT molecular complexity index is 586. The number of ether oxygens (including phenoxy) is 1. The zero-order valence-electron chi connectivity index (χ0n) is 10.9. The zero-order valence-corrected chi connectivity index (χ0v) is 13.1. The number of rotatable bonds is 6. The predicted octanol–water partition coefficient (Wildman–Crippen LogP) is 4.10. The monoisotopic (exact) mass is 333 g/mol. The van der Waals surface area contributed by atoms with Gasteiger partial charge in [-0.1, -0.05) is 34.8 Å². The first-order valence-corrected chi connectivity index (χ1v) is 7.13. The van der Waals surface area contributed by atoms with Crippen molar-refractivity contribution in [2.45, 2.75) is 13.1 Å². The van der Waals surface area contributed by atoms with Crippen LogP contribution in [0.5, 0.6) is 0 Å². The molecule has 1 aromatic carbocycles. The van der Waals surface area contributed by atoms with E-state index in [1.165, 1.54) is 0 Å². The summed E-state index contributed by atoms with van der Waals surface area (Å²) in [5, 5.41) is 8.97. The van der Waals surface area contributed by atoms with Gasteiger partial charge in [-0.3, -0.25) is 4.68 Å². The second kappa shape index (κ2) is 7.18. The SMILES string of the molecule is COCCn1cc(NCc2c(Cl)ccc(Cl)c2Cl)cn1. The van der Waals surface area contributed by atoms with Crippen molar-refractivity contribution in [3.63, 3.8) is 0 Å². The summed E-state index contributed by atoms with van der Waals surface area (Å²) in [6, 6.07) is 3.41. The topological polar surface area (TPSA) is 39.1 Å². The average molecular weight is 335 g/mol. The van der Waals surface area contributed by atoms with Crippen molar-refractivity contribution in [3.8, 4) is 0 Å². The molecule has 0 saturated carbocycles. The van der Waals surface area contributed by atoms with Crippen LogP contribution in [0.25, 0.3) is 0 Å². The Morgan fingerprint density at radius 3 is 2.75 bits per heavy atom. The van der Waals surface area contributed by atoms with Crippen LogP contribution in [-0.4, -0.2) is 23.5 Å². The van der Waals surface area contributed by atoms with Gasteiger partial charge in [-0.05, 0) is 12.1 Å². The van der Waals surface area contributed by atoms with E-state index in [-0.39, 0.29) is 0 Å². The Morgan fingerprint density at radius 2 is 2.00 bits per heavy atom. The van der Waals surface area contributed by atoms with E-state index in [0.717, 1.165) is 11.3 Å². The molecule has 2 rings (SSSR count). The molecule has 1 heterocycles. The second-order valence-corrected chi connectivity index (χ2v) is 5.35. The lowest BCUT2D eigenvalue weighted by molar-refractivity contribution is 0.183. The van der Waals surface area contributed by atoms with E-state index >= 15 is 0 Å². The highest BCUT2D eigenvalue weighted by Crippen LogP contribution is 2.31. The molecule has 108 valence electrons. The third kappa shape index (κ3) is 3.79. The van der Waals surface area contributed by atoms with Crippen LogP contribution in [0.3, 0.4) is 0 Å². The van der Waals surface area contributed by atoms with Crippen LogP contribution < -0.4 is 5.32 Å². The molecule has 1 aromatic heterocycles. The van der Waals surface area contributed by atoms with Gasteiger partial charge in [-0.25, -0.2) is 0 Å². The molecule has 0 bridgehead atoms. The fourth-order valence-electron chi connectivity index (χ4n) is 1.68. The molecule has 0 atom stereocenters. The lowest BCUT2D eigenvalue weighted by Crippen LogP contribution is -2.04. The summed E-state index contributed by atoms with van der Waals surface area (Å²) in [5.74, 6) is 0. The summed E-state index contributed by atoms with van der Waals surface area (Å²) >= 11 is 18.2. The van der Waals surface area contributed by atoms with Crippen molar-refractivity contribution < 1.29 is 4.74 Å². The van der Waals surface area contributed by atoms with E-state index in [9.17, 15) is 0 Å². The van der Waals surface area contributed by atoms with E-state index in [1.54, 1.807) is 30.1 Å². The molecule has 1 N–H and O–H groups in total. The van der Waals surface area contributed by atoms with Gasteiger partial charge in [0.1, 0.15) is 0 Å². The van der Waals surface area contributed by atoms with Crippen molar-refractivity contribution in [2.75, 3.05) is 19.0 Å². The van der Waals surface area contributed by atoms with Gasteiger partial charge in [-0.15, -0.1) is 0 Å². The minimum absolute atomic E-state index is 0.471. The summed E-state index contributed by atoms with van der Waals surface area (Å²) in [6.07, 6.45) is 3.63. The van der Waals surface area contributed by atoms with Crippen LogP contribution >= 0.6 is 34.8 Å². The van der Waals surface area contributed by atoms with E-state index < -0.39 is 0 Å². The van der Waals surface area contributed by atoms with E-state index in [2.05, 4.69) is 10.4 Å². The molecule has 0 aliphatic rings. The molecule has 0 amide bonds. The largest absolute Gasteiger partial charge is 0.383 e. The molecular formula is C13H14Cl3N3O. The molecular weight excluding hydrogens is 321 g/mol. The fraction of sp³-hybridized carbons (Fsp3) is 0.308. The normalized spacial score (nSPS) is 10.8. The average Bonchev–Trinajstić information content (AvgIpc) is 2.89. The lowest BCUT2D eigenvalue weighted by atomic mass is 10.2. The van der Waals surface area contributed by atoms with Gasteiger partial charge < -0.3 is 10.1 Å². The first kappa shape index (κ1) is 15.4. The van der Waals surface area contributed by atoms with Crippen LogP contribution in [0.4, 0.5) is 5.69 Å². The zero-order chi connectivity index (χ0) is 14.5. The van der Waals surface area contributed by atoms with Gasteiger partial charge in [0.25, 0.3) is 0 Å². The van der Waals surface area contributed by atoms with Gasteiger partial charge >= 0.3 is 0 Å². The van der Waals surface area contributed by atoms with Crippen molar-refractivity contribution in [1.82, 2.24) is 9.78 Å². The van der Waals surface area contributed by atoms with Crippen LogP contribution in [0.15, 0.2) is 24.5 Å². The molecule has 0 aliphatic carbocycles. The van der Waals surface area contributed by atoms with Crippen LogP contribution in [0.2, 0.25) is 15.1 Å². The summed E-state index contributed by atoms with van der Waals surface area (Å²) < 4.78 is 6.80. The molecule has 2 aromatic rings. The number of methoxy groups -OCH3 is 1. The maximum Gasteiger partial charge on any atom is 0.0729 e. The van der Waals surface area contributed by atoms with Crippen molar-refractivity contribution >= 4 is 40.5 Å². The Hall–Kier alpha value is -0.940. The Balaban J connectivity index is 2.02. The smallest absolute Gasteiger partial charge is 0.0729 e. The van der Waals surface area contributed by atoms with Gasteiger partial charge in [0.15, 0.2) is 0 Å². The van der Waals surface area contributed by atoms with Crippen molar-refractivity contribution in [3.05, 3.63) is 45.2 Å². The predicted molar refractivity (Wildman–Crippen MR) is 82.9 cm³/mol. The Kier molecular flexibility index (Phi) is 5.54. The highest BCUT2D eigenvalue weighted by molar-refractivity contribution is 6.44. The Labute approximate surface area is 132 Å². The maximum absolute atomic E-state index is 6.14. The molecule has 0 saturated heterocycles. The van der Waals surface area contributed by atoms with E-state index in [4.69, 9.17) is 39.5 Å². The second-order valence-electron chi connectivity index (χ2n) is 4.16.